The molecule has 0 radical (unpaired) electrons. The zero-order valence-corrected chi connectivity index (χ0v) is 12.1. The highest BCUT2D eigenvalue weighted by Crippen LogP contribution is 2.21. The van der Waals surface area contributed by atoms with Crippen molar-refractivity contribution in [1.82, 2.24) is 0 Å². The largest absolute Gasteiger partial charge is 0.388 e. The summed E-state index contributed by atoms with van der Waals surface area (Å²) in [6.07, 6.45) is -0.529. The third kappa shape index (κ3) is 4.61. The van der Waals surface area contributed by atoms with Crippen molar-refractivity contribution in [3.63, 3.8) is 0 Å². The average molecular weight is 272 g/mol. The summed E-state index contributed by atoms with van der Waals surface area (Å²) >= 11 is 0. The predicted octanol–water partition coefficient (Wildman–Crippen LogP) is 3.52. The Hall–Kier alpha value is -1.97. The number of hydrogen-bond acceptors (Lipinski definition) is 3. The van der Waals surface area contributed by atoms with Crippen LogP contribution in [0.1, 0.15) is 22.0 Å². The molecule has 1 atom stereocenters. The molecule has 106 valence electrons. The number of hydrogen-bond donors (Lipinski definition) is 0. The molecule has 0 aliphatic carbocycles. The lowest BCUT2D eigenvalue weighted by atomic mass is 10.00. The van der Waals surface area contributed by atoms with E-state index in [1.807, 2.05) is 48.5 Å². The van der Waals surface area contributed by atoms with Gasteiger partial charge < -0.3 is 9.47 Å². The van der Waals surface area contributed by atoms with Gasteiger partial charge in [0.2, 0.25) is 0 Å². The smallest absolute Gasteiger partial charge is 0.196 e. The van der Waals surface area contributed by atoms with Gasteiger partial charge in [-0.15, -0.1) is 0 Å². The highest BCUT2D eigenvalue weighted by Gasteiger charge is 2.20. The normalized spacial score (nSPS) is 11.2. The molecule has 0 fully saturated rings. The second kappa shape index (κ2) is 9.02. The van der Waals surface area contributed by atoms with Crippen LogP contribution in [0, 0.1) is 0 Å². The fraction of sp³-hybridized carbons (Fsp3) is 0.235. The van der Waals surface area contributed by atoms with Gasteiger partial charge in [-0.2, -0.15) is 0 Å². The Morgan fingerprint density at radius 2 is 1.30 bits per heavy atom. The standard InChI is InChI=1S/C15H14O2.C2H6O/c1-17-15(13-10-6-3-7-11-13)14(16)12-8-4-2-5-9-12;1-3-2/h2-11,15H,1H3;1-2H3. The van der Waals surface area contributed by atoms with Crippen LogP contribution < -0.4 is 0 Å². The second-order valence-electron chi connectivity index (χ2n) is 4.16. The number of carbonyl (C=O) groups is 1. The summed E-state index contributed by atoms with van der Waals surface area (Å²) in [6, 6.07) is 18.7. The summed E-state index contributed by atoms with van der Waals surface area (Å²) in [6.45, 7) is 0. The van der Waals surface area contributed by atoms with Gasteiger partial charge in [0, 0.05) is 26.9 Å². The van der Waals surface area contributed by atoms with Crippen LogP contribution in [0.2, 0.25) is 0 Å². The van der Waals surface area contributed by atoms with Crippen LogP contribution in [0.4, 0.5) is 0 Å². The zero-order valence-electron chi connectivity index (χ0n) is 12.1. The van der Waals surface area contributed by atoms with Gasteiger partial charge >= 0.3 is 0 Å². The Morgan fingerprint density at radius 1 is 0.850 bits per heavy atom. The summed E-state index contributed by atoms with van der Waals surface area (Å²) < 4.78 is 9.55. The van der Waals surface area contributed by atoms with Crippen molar-refractivity contribution < 1.29 is 14.3 Å². The Labute approximate surface area is 120 Å². The van der Waals surface area contributed by atoms with Crippen LogP contribution in [0.3, 0.4) is 0 Å². The van der Waals surface area contributed by atoms with Gasteiger partial charge in [-0.25, -0.2) is 0 Å². The van der Waals surface area contributed by atoms with E-state index in [0.717, 1.165) is 5.56 Å². The molecule has 0 amide bonds. The molecule has 3 heteroatoms. The highest BCUT2D eigenvalue weighted by molar-refractivity contribution is 6.00. The number of ketones is 1. The highest BCUT2D eigenvalue weighted by atomic mass is 16.5. The number of carbonyl (C=O) groups excluding carboxylic acids is 1. The molecule has 0 aliphatic rings. The van der Waals surface area contributed by atoms with Gasteiger partial charge in [-0.3, -0.25) is 4.79 Å². The van der Waals surface area contributed by atoms with Crippen molar-refractivity contribution in [3.05, 3.63) is 71.8 Å². The van der Waals surface area contributed by atoms with E-state index in [2.05, 4.69) is 4.74 Å². The van der Waals surface area contributed by atoms with Crippen LogP contribution in [-0.4, -0.2) is 27.1 Å². The molecule has 0 N–H and O–H groups in total. The average Bonchev–Trinajstić information content (AvgIpc) is 2.51. The molecular formula is C17H20O3. The molecule has 1 unspecified atom stereocenters. The lowest BCUT2D eigenvalue weighted by molar-refractivity contribution is 0.0604. The summed E-state index contributed by atoms with van der Waals surface area (Å²) in [5, 5.41) is 0. The van der Waals surface area contributed by atoms with E-state index in [-0.39, 0.29) is 5.78 Å². The first-order valence-electron chi connectivity index (χ1n) is 6.31. The third-order valence-electron chi connectivity index (χ3n) is 2.63. The van der Waals surface area contributed by atoms with Crippen LogP contribution in [0.15, 0.2) is 60.7 Å². The molecule has 0 aromatic heterocycles. The molecule has 20 heavy (non-hydrogen) atoms. The van der Waals surface area contributed by atoms with E-state index >= 15 is 0 Å². The van der Waals surface area contributed by atoms with Crippen molar-refractivity contribution >= 4 is 5.78 Å². The molecule has 2 aromatic rings. The number of rotatable bonds is 4. The molecule has 0 saturated heterocycles. The summed E-state index contributed by atoms with van der Waals surface area (Å²) in [5.74, 6) is -0.0145. The van der Waals surface area contributed by atoms with E-state index in [1.165, 1.54) is 0 Å². The van der Waals surface area contributed by atoms with Gasteiger partial charge in [0.05, 0.1) is 0 Å². The quantitative estimate of drug-likeness (QED) is 0.799. The zero-order chi connectivity index (χ0) is 14.8. The van der Waals surface area contributed by atoms with Gasteiger partial charge in [-0.05, 0) is 5.56 Å². The molecule has 2 aromatic carbocycles. The molecule has 0 heterocycles. The fourth-order valence-corrected chi connectivity index (χ4v) is 1.78. The minimum Gasteiger partial charge on any atom is -0.388 e. The minimum absolute atomic E-state index is 0.0145. The number of Topliss-reactive ketones (excluding diaryl/α,β-unsaturated/α-hetero) is 1. The molecular weight excluding hydrogens is 252 g/mol. The predicted molar refractivity (Wildman–Crippen MR) is 79.9 cm³/mol. The molecule has 2 rings (SSSR count). The van der Waals surface area contributed by atoms with Crippen molar-refractivity contribution in [1.29, 1.82) is 0 Å². The summed E-state index contributed by atoms with van der Waals surface area (Å²) in [4.78, 5) is 12.3. The summed E-state index contributed by atoms with van der Waals surface area (Å²) in [7, 11) is 4.80. The van der Waals surface area contributed by atoms with Crippen LogP contribution in [-0.2, 0) is 9.47 Å². The fourth-order valence-electron chi connectivity index (χ4n) is 1.78. The lowest BCUT2D eigenvalue weighted by Crippen LogP contribution is -2.14. The topological polar surface area (TPSA) is 35.5 Å². The second-order valence-corrected chi connectivity index (χ2v) is 4.16. The molecule has 0 saturated carbocycles. The Balaban J connectivity index is 0.000000612. The van der Waals surface area contributed by atoms with Crippen LogP contribution >= 0.6 is 0 Å². The van der Waals surface area contributed by atoms with Crippen LogP contribution in [0.5, 0.6) is 0 Å². The van der Waals surface area contributed by atoms with E-state index in [0.29, 0.717) is 5.56 Å². The van der Waals surface area contributed by atoms with Gasteiger partial charge in [0.1, 0.15) is 6.10 Å². The SMILES string of the molecule is COC.COC(C(=O)c1ccccc1)c1ccccc1. The first kappa shape index (κ1) is 16.1. The van der Waals surface area contributed by atoms with Crippen LogP contribution in [0.25, 0.3) is 0 Å². The Kier molecular flexibility index (Phi) is 7.25. The van der Waals surface area contributed by atoms with Gasteiger partial charge in [0.15, 0.2) is 5.78 Å². The molecule has 0 spiro atoms. The van der Waals surface area contributed by atoms with E-state index < -0.39 is 6.10 Å². The number of ether oxygens (including phenoxy) is 2. The maximum atomic E-state index is 12.3. The van der Waals surface area contributed by atoms with Gasteiger partial charge in [-0.1, -0.05) is 60.7 Å². The first-order chi connectivity index (χ1) is 9.74. The van der Waals surface area contributed by atoms with Crippen molar-refractivity contribution in [2.45, 2.75) is 6.10 Å². The van der Waals surface area contributed by atoms with E-state index in [9.17, 15) is 4.79 Å². The van der Waals surface area contributed by atoms with Crippen molar-refractivity contribution in [3.8, 4) is 0 Å². The molecule has 0 aliphatic heterocycles. The van der Waals surface area contributed by atoms with Crippen molar-refractivity contribution in [2.24, 2.45) is 0 Å². The minimum atomic E-state index is -0.529. The first-order valence-corrected chi connectivity index (χ1v) is 6.31. The summed E-state index contributed by atoms with van der Waals surface area (Å²) in [5.41, 5.74) is 1.55. The van der Waals surface area contributed by atoms with E-state index in [1.54, 1.807) is 33.5 Å². The maximum absolute atomic E-state index is 12.3. The Morgan fingerprint density at radius 3 is 1.75 bits per heavy atom. The monoisotopic (exact) mass is 272 g/mol. The van der Waals surface area contributed by atoms with E-state index in [4.69, 9.17) is 4.74 Å². The number of benzene rings is 2. The molecule has 0 bridgehead atoms. The lowest BCUT2D eigenvalue weighted by Gasteiger charge is -2.14. The van der Waals surface area contributed by atoms with Crippen molar-refractivity contribution in [2.75, 3.05) is 21.3 Å². The Bertz CT molecular complexity index is 494. The maximum Gasteiger partial charge on any atom is 0.196 e. The molecule has 3 nitrogen and oxygen atoms in total. The number of methoxy groups -OCH3 is 2. The third-order valence-corrected chi connectivity index (χ3v) is 2.63. The van der Waals surface area contributed by atoms with Gasteiger partial charge in [0.25, 0.3) is 0 Å².